The zero-order valence-electron chi connectivity index (χ0n) is 11.6. The Bertz CT molecular complexity index is 793. The Kier molecular flexibility index (Phi) is 5.20. The molecule has 0 fully saturated rings. The standard InChI is InChI=1S/C15H11Cl2N3O3/c16-8-5-6-10(17)12(7-8)20-15(23)14(22)19-11-4-2-1-3-9(11)13(18)21/h1-7H,(H2,18,21)(H,19,22)(H,20,23). The van der Waals surface area contributed by atoms with Crippen molar-refractivity contribution < 1.29 is 14.4 Å². The smallest absolute Gasteiger partial charge is 0.314 e. The molecule has 23 heavy (non-hydrogen) atoms. The number of benzene rings is 2. The van der Waals surface area contributed by atoms with Crippen LogP contribution in [0.15, 0.2) is 42.5 Å². The molecular formula is C15H11Cl2N3O3. The molecule has 2 rings (SSSR count). The molecule has 0 aromatic heterocycles. The summed E-state index contributed by atoms with van der Waals surface area (Å²) in [6, 6.07) is 10.5. The molecular weight excluding hydrogens is 341 g/mol. The first-order valence-electron chi connectivity index (χ1n) is 6.34. The summed E-state index contributed by atoms with van der Waals surface area (Å²) in [6.45, 7) is 0. The molecule has 3 amide bonds. The monoisotopic (exact) mass is 351 g/mol. The van der Waals surface area contributed by atoms with E-state index in [9.17, 15) is 14.4 Å². The van der Waals surface area contributed by atoms with Crippen LogP contribution in [-0.4, -0.2) is 17.7 Å². The van der Waals surface area contributed by atoms with Crippen LogP contribution in [0.1, 0.15) is 10.4 Å². The minimum absolute atomic E-state index is 0.0921. The molecule has 0 saturated carbocycles. The van der Waals surface area contributed by atoms with Gasteiger partial charge in [0, 0.05) is 5.02 Å². The maximum atomic E-state index is 11.9. The van der Waals surface area contributed by atoms with Gasteiger partial charge >= 0.3 is 11.8 Å². The number of nitrogens with one attached hydrogen (secondary N) is 2. The molecule has 2 aromatic carbocycles. The van der Waals surface area contributed by atoms with Gasteiger partial charge in [-0.1, -0.05) is 35.3 Å². The highest BCUT2D eigenvalue weighted by Crippen LogP contribution is 2.25. The van der Waals surface area contributed by atoms with Crippen molar-refractivity contribution in [2.75, 3.05) is 10.6 Å². The molecule has 0 aliphatic carbocycles. The number of anilines is 2. The first-order chi connectivity index (χ1) is 10.9. The molecule has 4 N–H and O–H groups in total. The molecule has 118 valence electrons. The summed E-state index contributed by atoms with van der Waals surface area (Å²) < 4.78 is 0. The Balaban J connectivity index is 2.14. The van der Waals surface area contributed by atoms with Gasteiger partial charge in [-0.25, -0.2) is 0 Å². The molecule has 0 unspecified atom stereocenters. The predicted octanol–water partition coefficient (Wildman–Crippen LogP) is 2.67. The summed E-state index contributed by atoms with van der Waals surface area (Å²) in [6.07, 6.45) is 0. The lowest BCUT2D eigenvalue weighted by Gasteiger charge is -2.10. The average Bonchev–Trinajstić information content (AvgIpc) is 2.51. The van der Waals surface area contributed by atoms with Crippen molar-refractivity contribution in [1.82, 2.24) is 0 Å². The van der Waals surface area contributed by atoms with E-state index in [1.54, 1.807) is 18.2 Å². The van der Waals surface area contributed by atoms with E-state index in [4.69, 9.17) is 28.9 Å². The number of para-hydroxylation sites is 1. The molecule has 0 heterocycles. The SMILES string of the molecule is NC(=O)c1ccccc1NC(=O)C(=O)Nc1cc(Cl)ccc1Cl. The molecule has 8 heteroatoms. The van der Waals surface area contributed by atoms with Crippen LogP contribution in [0.5, 0.6) is 0 Å². The second kappa shape index (κ2) is 7.13. The number of primary amides is 1. The molecule has 0 saturated heterocycles. The van der Waals surface area contributed by atoms with Gasteiger partial charge in [0.15, 0.2) is 0 Å². The minimum Gasteiger partial charge on any atom is -0.366 e. The van der Waals surface area contributed by atoms with Crippen LogP contribution in [0.4, 0.5) is 11.4 Å². The number of halogens is 2. The van der Waals surface area contributed by atoms with Crippen LogP contribution in [0, 0.1) is 0 Å². The van der Waals surface area contributed by atoms with Crippen LogP contribution >= 0.6 is 23.2 Å². The molecule has 0 radical (unpaired) electrons. The van der Waals surface area contributed by atoms with Crippen molar-refractivity contribution in [3.63, 3.8) is 0 Å². The quantitative estimate of drug-likeness (QED) is 0.740. The Morgan fingerprint density at radius 1 is 0.870 bits per heavy atom. The minimum atomic E-state index is -0.977. The fraction of sp³-hybridized carbons (Fsp3) is 0. The van der Waals surface area contributed by atoms with Gasteiger partial charge in [0.1, 0.15) is 0 Å². The van der Waals surface area contributed by atoms with E-state index >= 15 is 0 Å². The van der Waals surface area contributed by atoms with Crippen LogP contribution < -0.4 is 16.4 Å². The highest BCUT2D eigenvalue weighted by molar-refractivity contribution is 6.45. The normalized spacial score (nSPS) is 10.0. The van der Waals surface area contributed by atoms with E-state index in [1.165, 1.54) is 24.3 Å². The van der Waals surface area contributed by atoms with E-state index in [0.29, 0.717) is 5.02 Å². The van der Waals surface area contributed by atoms with E-state index < -0.39 is 17.7 Å². The van der Waals surface area contributed by atoms with Gasteiger partial charge in [-0.15, -0.1) is 0 Å². The summed E-state index contributed by atoms with van der Waals surface area (Å²) in [5.41, 5.74) is 5.63. The van der Waals surface area contributed by atoms with Gasteiger partial charge in [-0.05, 0) is 30.3 Å². The zero-order chi connectivity index (χ0) is 17.0. The molecule has 2 aromatic rings. The zero-order valence-corrected chi connectivity index (χ0v) is 13.1. The largest absolute Gasteiger partial charge is 0.366 e. The fourth-order valence-electron chi connectivity index (χ4n) is 1.76. The van der Waals surface area contributed by atoms with Crippen molar-refractivity contribution in [2.24, 2.45) is 5.73 Å². The third-order valence-electron chi connectivity index (χ3n) is 2.82. The predicted molar refractivity (Wildman–Crippen MR) is 88.7 cm³/mol. The maximum Gasteiger partial charge on any atom is 0.314 e. The number of carbonyl (C=O) groups excluding carboxylic acids is 3. The maximum absolute atomic E-state index is 11.9. The van der Waals surface area contributed by atoms with Gasteiger partial charge in [0.2, 0.25) is 0 Å². The third kappa shape index (κ3) is 4.21. The second-order valence-corrected chi connectivity index (χ2v) is 5.29. The average molecular weight is 352 g/mol. The molecule has 6 nitrogen and oxygen atoms in total. The number of nitrogens with two attached hydrogens (primary N) is 1. The molecule has 0 spiro atoms. The second-order valence-electron chi connectivity index (χ2n) is 4.44. The number of carbonyl (C=O) groups is 3. The highest BCUT2D eigenvalue weighted by Gasteiger charge is 2.18. The first-order valence-corrected chi connectivity index (χ1v) is 7.10. The Hall–Kier alpha value is -2.57. The Labute approximate surface area is 141 Å². The van der Waals surface area contributed by atoms with E-state index in [-0.39, 0.29) is 22.0 Å². The number of hydrogen-bond acceptors (Lipinski definition) is 3. The van der Waals surface area contributed by atoms with Gasteiger partial charge in [-0.3, -0.25) is 14.4 Å². The van der Waals surface area contributed by atoms with Gasteiger partial charge in [-0.2, -0.15) is 0 Å². The highest BCUT2D eigenvalue weighted by atomic mass is 35.5. The molecule has 0 bridgehead atoms. The van der Waals surface area contributed by atoms with Crippen LogP contribution in [-0.2, 0) is 9.59 Å². The summed E-state index contributed by atoms with van der Waals surface area (Å²) in [5.74, 6) is -2.66. The topological polar surface area (TPSA) is 101 Å². The molecule has 0 atom stereocenters. The summed E-state index contributed by atoms with van der Waals surface area (Å²) in [5, 5.41) is 5.24. The van der Waals surface area contributed by atoms with E-state index in [1.807, 2.05) is 0 Å². The van der Waals surface area contributed by atoms with Gasteiger partial charge < -0.3 is 16.4 Å². The molecule has 0 aliphatic rings. The van der Waals surface area contributed by atoms with Crippen molar-refractivity contribution in [3.05, 3.63) is 58.1 Å². The van der Waals surface area contributed by atoms with Crippen molar-refractivity contribution in [1.29, 1.82) is 0 Å². The Morgan fingerprint density at radius 2 is 1.48 bits per heavy atom. The van der Waals surface area contributed by atoms with Gasteiger partial charge in [0.05, 0.1) is 22.0 Å². The fourth-order valence-corrected chi connectivity index (χ4v) is 2.10. The van der Waals surface area contributed by atoms with Gasteiger partial charge in [0.25, 0.3) is 5.91 Å². The van der Waals surface area contributed by atoms with Crippen LogP contribution in [0.2, 0.25) is 10.0 Å². The number of hydrogen-bond donors (Lipinski definition) is 3. The van der Waals surface area contributed by atoms with E-state index in [0.717, 1.165) is 0 Å². The lowest BCUT2D eigenvalue weighted by molar-refractivity contribution is -0.133. The third-order valence-corrected chi connectivity index (χ3v) is 3.39. The Morgan fingerprint density at radius 3 is 2.13 bits per heavy atom. The van der Waals surface area contributed by atoms with Crippen molar-refractivity contribution in [2.45, 2.75) is 0 Å². The van der Waals surface area contributed by atoms with Crippen molar-refractivity contribution in [3.8, 4) is 0 Å². The first kappa shape index (κ1) is 16.8. The van der Waals surface area contributed by atoms with Crippen molar-refractivity contribution >= 4 is 52.3 Å². The molecule has 0 aliphatic heterocycles. The number of amides is 3. The van der Waals surface area contributed by atoms with E-state index in [2.05, 4.69) is 10.6 Å². The lowest BCUT2D eigenvalue weighted by Crippen LogP contribution is -2.30. The summed E-state index contributed by atoms with van der Waals surface area (Å²) in [7, 11) is 0. The van der Waals surface area contributed by atoms with Crippen LogP contribution in [0.3, 0.4) is 0 Å². The van der Waals surface area contributed by atoms with Crippen LogP contribution in [0.25, 0.3) is 0 Å². The lowest BCUT2D eigenvalue weighted by atomic mass is 10.1. The summed E-state index contributed by atoms with van der Waals surface area (Å²) >= 11 is 11.7. The number of rotatable bonds is 3. The summed E-state index contributed by atoms with van der Waals surface area (Å²) in [4.78, 5) is 35.1.